The number of benzene rings is 2. The van der Waals surface area contributed by atoms with Gasteiger partial charge in [0.15, 0.2) is 5.69 Å². The molecule has 42 heavy (non-hydrogen) atoms. The molecule has 0 spiro atoms. The number of rotatable bonds is 13. The van der Waals surface area contributed by atoms with Gasteiger partial charge < -0.3 is 14.8 Å². The third kappa shape index (κ3) is 7.10. The number of tetrazole rings is 1. The Kier molecular flexibility index (Phi) is 9.55. The van der Waals surface area contributed by atoms with E-state index < -0.39 is 22.9 Å². The zero-order valence-corrected chi connectivity index (χ0v) is 23.5. The van der Waals surface area contributed by atoms with E-state index >= 15 is 0 Å². The van der Waals surface area contributed by atoms with Crippen molar-refractivity contribution in [1.29, 1.82) is 0 Å². The molecule has 0 aliphatic carbocycles. The molecule has 2 aromatic carbocycles. The summed E-state index contributed by atoms with van der Waals surface area (Å²) >= 11 is 0. The van der Waals surface area contributed by atoms with Gasteiger partial charge in [0.2, 0.25) is 5.82 Å². The van der Waals surface area contributed by atoms with Crippen molar-refractivity contribution in [3.05, 3.63) is 71.3 Å². The summed E-state index contributed by atoms with van der Waals surface area (Å²) in [6.45, 7) is 5.21. The molecule has 0 aliphatic rings. The van der Waals surface area contributed by atoms with E-state index in [2.05, 4.69) is 25.2 Å². The molecule has 2 heterocycles. The van der Waals surface area contributed by atoms with Crippen LogP contribution in [0.1, 0.15) is 72.4 Å². The van der Waals surface area contributed by atoms with Gasteiger partial charge in [-0.25, -0.2) is 9.78 Å². The zero-order chi connectivity index (χ0) is 30.4. The number of carbonyl (C=O) groups excluding carboxylic acids is 1. The number of carbonyl (C=O) groups is 2. The van der Waals surface area contributed by atoms with Crippen molar-refractivity contribution in [2.75, 3.05) is 6.61 Å². The second-order valence-corrected chi connectivity index (χ2v) is 10.2. The van der Waals surface area contributed by atoms with Crippen LogP contribution in [0.4, 0.5) is 0 Å². The second-order valence-electron chi connectivity index (χ2n) is 10.2. The van der Waals surface area contributed by atoms with Gasteiger partial charge in [0, 0.05) is 24.9 Å². The molecule has 4 aromatic rings. The van der Waals surface area contributed by atoms with E-state index in [9.17, 15) is 19.8 Å². The Labute approximate surface area is 241 Å². The molecule has 0 aliphatic heterocycles. The number of aromatic nitrogens is 6. The Morgan fingerprint density at radius 3 is 2.36 bits per heavy atom. The number of nitrogens with zero attached hydrogens (tertiary/aromatic N) is 7. The minimum Gasteiger partial charge on any atom is -0.477 e. The van der Waals surface area contributed by atoms with Crippen molar-refractivity contribution in [3.8, 4) is 22.5 Å². The lowest BCUT2D eigenvalue weighted by Gasteiger charge is -2.16. The maximum atomic E-state index is 12.4. The highest BCUT2D eigenvalue weighted by Crippen LogP contribution is 2.31. The Morgan fingerprint density at radius 2 is 1.74 bits per heavy atom. The predicted octanol–water partition coefficient (Wildman–Crippen LogP) is 3.56. The maximum absolute atomic E-state index is 12.4. The normalized spacial score (nSPS) is 11.8. The fourth-order valence-corrected chi connectivity index (χ4v) is 4.53. The summed E-state index contributed by atoms with van der Waals surface area (Å²) in [7, 11) is 0. The number of imidazole rings is 1. The quantitative estimate of drug-likeness (QED) is 0.133. The molecule has 4 N–H and O–H groups in total. The topological polar surface area (TPSA) is 189 Å². The fraction of sp³-hybridized carbons (Fsp3) is 0.357. The third-order valence-electron chi connectivity index (χ3n) is 6.45. The molecule has 14 nitrogen and oxygen atoms in total. The molecule has 0 fully saturated rings. The highest BCUT2D eigenvalue weighted by Gasteiger charge is 2.31. The van der Waals surface area contributed by atoms with Gasteiger partial charge in [-0.1, -0.05) is 60.3 Å². The predicted molar refractivity (Wildman–Crippen MR) is 147 cm³/mol. The lowest BCUT2D eigenvalue weighted by Crippen LogP contribution is -2.22. The number of aryl methyl sites for hydroxylation is 1. The fourth-order valence-electron chi connectivity index (χ4n) is 4.53. The third-order valence-corrected chi connectivity index (χ3v) is 6.45. The molecule has 0 unspecified atom stereocenters. The van der Waals surface area contributed by atoms with Gasteiger partial charge in [0.25, 0.3) is 5.91 Å². The number of carboxylic acids is 1. The molecule has 0 saturated heterocycles. The second kappa shape index (κ2) is 13.1. The van der Waals surface area contributed by atoms with Crippen LogP contribution in [0.5, 0.6) is 0 Å². The van der Waals surface area contributed by atoms with Crippen molar-refractivity contribution >= 4 is 11.9 Å². The molecular formula is C28H33N7O7. The van der Waals surface area contributed by atoms with Gasteiger partial charge in [0.05, 0.1) is 12.0 Å². The summed E-state index contributed by atoms with van der Waals surface area (Å²) in [6.07, 6.45) is 1.55. The highest BCUT2D eigenvalue weighted by atomic mass is 17.1. The first-order valence-corrected chi connectivity index (χ1v) is 13.4. The lowest BCUT2D eigenvalue weighted by molar-refractivity contribution is -0.492. The van der Waals surface area contributed by atoms with Crippen LogP contribution in [0.25, 0.3) is 22.5 Å². The van der Waals surface area contributed by atoms with Crippen molar-refractivity contribution in [2.24, 2.45) is 0 Å². The lowest BCUT2D eigenvalue weighted by atomic mass is 9.98. The van der Waals surface area contributed by atoms with Gasteiger partial charge in [-0.15, -0.1) is 10.2 Å². The number of hydrogen-bond donors (Lipinski definition) is 4. The maximum Gasteiger partial charge on any atom is 0.354 e. The van der Waals surface area contributed by atoms with Crippen LogP contribution in [0.3, 0.4) is 0 Å². The van der Waals surface area contributed by atoms with Crippen LogP contribution in [-0.2, 0) is 23.4 Å². The van der Waals surface area contributed by atoms with Crippen molar-refractivity contribution < 1.29 is 35.1 Å². The van der Waals surface area contributed by atoms with Gasteiger partial charge in [0.1, 0.15) is 17.1 Å². The highest BCUT2D eigenvalue weighted by molar-refractivity contribution is 5.87. The molecule has 4 rings (SSSR count). The molecule has 0 saturated carbocycles. The first-order valence-electron chi connectivity index (χ1n) is 13.4. The minimum atomic E-state index is -1.41. The van der Waals surface area contributed by atoms with Crippen molar-refractivity contribution in [2.45, 2.75) is 58.6 Å². The van der Waals surface area contributed by atoms with Crippen LogP contribution in [-0.4, -0.2) is 74.3 Å². The average molecular weight is 580 g/mol. The van der Waals surface area contributed by atoms with E-state index in [1.165, 1.54) is 13.8 Å². The smallest absolute Gasteiger partial charge is 0.354 e. The summed E-state index contributed by atoms with van der Waals surface area (Å²) in [5.74, 6) is -0.732. The van der Waals surface area contributed by atoms with E-state index in [-0.39, 0.29) is 43.2 Å². The number of aromatic carboxylic acids is 1. The van der Waals surface area contributed by atoms with Gasteiger partial charge >= 0.3 is 5.97 Å². The van der Waals surface area contributed by atoms with Crippen LogP contribution >= 0.6 is 0 Å². The van der Waals surface area contributed by atoms with Crippen LogP contribution in [0, 0.1) is 0 Å². The minimum absolute atomic E-state index is 0.00449. The van der Waals surface area contributed by atoms with E-state index in [1.54, 1.807) is 4.57 Å². The Hall–Kier alpha value is -4.34. The van der Waals surface area contributed by atoms with Gasteiger partial charge in [-0.05, 0) is 48.6 Å². The molecule has 0 radical (unpaired) electrons. The zero-order valence-electron chi connectivity index (χ0n) is 23.5. The summed E-state index contributed by atoms with van der Waals surface area (Å²) in [5.41, 5.74) is 1.86. The van der Waals surface area contributed by atoms with E-state index in [4.69, 9.17) is 10.4 Å². The standard InChI is InChI=1S/C28H33N7O7/c1-4-8-22-29-25(28(2,3)39)24(27(37)38)33(22)17-18-12-14-19(15-13-18)20-9-5-6-10-21(20)26-30-32-34(31-26)23(36)11-7-16-42-35(40)41/h5-6,9-10,12-15,39-41H,4,7-8,11,16-17H2,1-3H3,(H,37,38). The van der Waals surface area contributed by atoms with Crippen molar-refractivity contribution in [3.63, 3.8) is 0 Å². The Balaban J connectivity index is 1.57. The van der Waals surface area contributed by atoms with Gasteiger partial charge in [-0.2, -0.15) is 0 Å². The number of aliphatic hydroxyl groups is 1. The molecule has 0 atom stereocenters. The Morgan fingerprint density at radius 1 is 1.05 bits per heavy atom. The van der Waals surface area contributed by atoms with Crippen LogP contribution < -0.4 is 0 Å². The summed E-state index contributed by atoms with van der Waals surface area (Å²) in [5, 5.41) is 49.4. The molecule has 2 aromatic heterocycles. The monoisotopic (exact) mass is 579 g/mol. The summed E-state index contributed by atoms with van der Waals surface area (Å²) < 4.78 is 1.65. The van der Waals surface area contributed by atoms with E-state index in [1.807, 2.05) is 55.5 Å². The molecule has 14 heteroatoms. The van der Waals surface area contributed by atoms with Crippen LogP contribution in [0.2, 0.25) is 0 Å². The molecule has 222 valence electrons. The summed E-state index contributed by atoms with van der Waals surface area (Å²) in [4.78, 5) is 34.5. The largest absolute Gasteiger partial charge is 0.477 e. The van der Waals surface area contributed by atoms with Crippen LogP contribution in [0.15, 0.2) is 48.5 Å². The average Bonchev–Trinajstić information content (AvgIpc) is 3.58. The first-order chi connectivity index (χ1) is 20.0. The van der Waals surface area contributed by atoms with Crippen molar-refractivity contribution in [1.82, 2.24) is 35.1 Å². The molecule has 0 amide bonds. The first kappa shape index (κ1) is 30.6. The summed E-state index contributed by atoms with van der Waals surface area (Å²) in [6, 6.07) is 15.0. The molecule has 0 bridgehead atoms. The van der Waals surface area contributed by atoms with E-state index in [0.717, 1.165) is 27.9 Å². The molecular weight excluding hydrogens is 546 g/mol. The number of hydrogen-bond acceptors (Lipinski definition) is 11. The Bertz CT molecular complexity index is 1540. The SMILES string of the molecule is CCCc1nc(C(C)(C)O)c(C(=O)O)n1Cc1ccc(-c2ccccc2-c2nnn(C(=O)CCCON(O)O)n2)cc1. The van der Waals surface area contributed by atoms with Gasteiger partial charge in [-0.3, -0.25) is 20.0 Å². The van der Waals surface area contributed by atoms with E-state index in [0.29, 0.717) is 17.8 Å². The number of carboxylic acid groups (broad SMARTS) is 1.